The molecule has 106 valence electrons. The number of anilines is 1. The molecule has 0 atom stereocenters. The molecule has 0 aliphatic rings. The second-order valence-electron chi connectivity index (χ2n) is 4.03. The predicted molar refractivity (Wildman–Crippen MR) is 79.7 cm³/mol. The lowest BCUT2D eigenvalue weighted by molar-refractivity contribution is 0.419. The number of ether oxygens (including phenoxy) is 1. The van der Waals surface area contributed by atoms with Gasteiger partial charge in [0.15, 0.2) is 5.16 Å². The summed E-state index contributed by atoms with van der Waals surface area (Å²) in [6, 6.07) is 11.4. The first-order valence-electron chi connectivity index (χ1n) is 6.08. The van der Waals surface area contributed by atoms with Gasteiger partial charge < -0.3 is 10.5 Å². The van der Waals surface area contributed by atoms with E-state index in [-0.39, 0.29) is 6.01 Å². The van der Waals surface area contributed by atoms with Crippen molar-refractivity contribution >= 4 is 17.6 Å². The molecule has 0 saturated carbocycles. The summed E-state index contributed by atoms with van der Waals surface area (Å²) in [7, 11) is 0. The van der Waals surface area contributed by atoms with Gasteiger partial charge >= 0.3 is 6.01 Å². The lowest BCUT2D eigenvalue weighted by Crippen LogP contribution is -1.98. The average Bonchev–Trinajstić information content (AvgIpc) is 2.96. The highest BCUT2D eigenvalue weighted by Gasteiger charge is 2.08. The van der Waals surface area contributed by atoms with Gasteiger partial charge in [-0.15, -0.1) is 5.10 Å². The van der Waals surface area contributed by atoms with E-state index in [2.05, 4.69) is 20.1 Å². The Hall–Kier alpha value is -2.61. The lowest BCUT2D eigenvalue weighted by Gasteiger charge is -2.03. The van der Waals surface area contributed by atoms with Gasteiger partial charge in [0.05, 0.1) is 5.69 Å². The second kappa shape index (κ2) is 5.80. The van der Waals surface area contributed by atoms with E-state index >= 15 is 0 Å². The third-order valence-electron chi connectivity index (χ3n) is 2.57. The Morgan fingerprint density at radius 3 is 2.76 bits per heavy atom. The predicted octanol–water partition coefficient (Wildman–Crippen LogP) is 2.15. The lowest BCUT2D eigenvalue weighted by atomic mass is 10.3. The van der Waals surface area contributed by atoms with Crippen molar-refractivity contribution in [3.05, 3.63) is 42.7 Å². The molecule has 3 rings (SSSR count). The zero-order valence-corrected chi connectivity index (χ0v) is 12.0. The van der Waals surface area contributed by atoms with Gasteiger partial charge in [0.1, 0.15) is 12.1 Å². The highest BCUT2D eigenvalue weighted by Crippen LogP contribution is 2.21. The first-order valence-corrected chi connectivity index (χ1v) is 7.30. The van der Waals surface area contributed by atoms with Crippen LogP contribution in [0.2, 0.25) is 0 Å². The standard InChI is InChI=1S/C13H12N6OS/c1-21-13-16-10(14)7-11(17-13)20-12-15-8-19(18-12)9-5-3-2-4-6-9/h2-8H,1H3,(H2,14,16,17). The van der Waals surface area contributed by atoms with E-state index in [1.807, 2.05) is 36.6 Å². The van der Waals surface area contributed by atoms with Crippen molar-refractivity contribution in [2.24, 2.45) is 0 Å². The van der Waals surface area contributed by atoms with Crippen molar-refractivity contribution < 1.29 is 4.74 Å². The minimum absolute atomic E-state index is 0.198. The number of nitrogens with two attached hydrogens (primary N) is 1. The Labute approximate surface area is 125 Å². The average molecular weight is 300 g/mol. The van der Waals surface area contributed by atoms with Crippen LogP contribution in [0.5, 0.6) is 11.9 Å². The van der Waals surface area contributed by atoms with Gasteiger partial charge in [0.25, 0.3) is 0 Å². The molecule has 0 radical (unpaired) electrons. The molecule has 8 heteroatoms. The summed E-state index contributed by atoms with van der Waals surface area (Å²) >= 11 is 1.38. The number of aromatic nitrogens is 5. The molecule has 1 aromatic carbocycles. The molecule has 0 fully saturated rings. The third-order valence-corrected chi connectivity index (χ3v) is 3.12. The van der Waals surface area contributed by atoms with E-state index in [0.29, 0.717) is 16.9 Å². The largest absolute Gasteiger partial charge is 0.404 e. The van der Waals surface area contributed by atoms with Crippen molar-refractivity contribution in [2.75, 3.05) is 12.0 Å². The number of hydrogen-bond donors (Lipinski definition) is 1. The van der Waals surface area contributed by atoms with Crippen LogP contribution in [0, 0.1) is 0 Å². The van der Waals surface area contributed by atoms with Crippen LogP contribution in [0.4, 0.5) is 5.82 Å². The molecule has 3 aromatic rings. The van der Waals surface area contributed by atoms with Crippen LogP contribution in [-0.2, 0) is 0 Å². The highest BCUT2D eigenvalue weighted by molar-refractivity contribution is 7.98. The zero-order chi connectivity index (χ0) is 14.7. The number of rotatable bonds is 4. The molecule has 21 heavy (non-hydrogen) atoms. The maximum Gasteiger partial charge on any atom is 0.342 e. The molecular formula is C13H12N6OS. The van der Waals surface area contributed by atoms with Crippen LogP contribution in [0.3, 0.4) is 0 Å². The quantitative estimate of drug-likeness (QED) is 0.583. The third kappa shape index (κ3) is 3.11. The number of benzene rings is 1. The van der Waals surface area contributed by atoms with Crippen LogP contribution >= 0.6 is 11.8 Å². The van der Waals surface area contributed by atoms with Gasteiger partial charge in [0, 0.05) is 6.07 Å². The number of nitrogen functional groups attached to an aromatic ring is 1. The van der Waals surface area contributed by atoms with Crippen molar-refractivity contribution in [2.45, 2.75) is 5.16 Å². The Balaban J connectivity index is 1.83. The number of nitrogens with zero attached hydrogens (tertiary/aromatic N) is 5. The van der Waals surface area contributed by atoms with E-state index in [4.69, 9.17) is 10.5 Å². The van der Waals surface area contributed by atoms with E-state index in [1.54, 1.807) is 11.0 Å². The fourth-order valence-corrected chi connectivity index (χ4v) is 2.04. The van der Waals surface area contributed by atoms with Gasteiger partial charge in [-0.2, -0.15) is 9.97 Å². The van der Waals surface area contributed by atoms with Crippen molar-refractivity contribution in [1.82, 2.24) is 24.7 Å². The van der Waals surface area contributed by atoms with Crippen molar-refractivity contribution in [3.63, 3.8) is 0 Å². The van der Waals surface area contributed by atoms with Gasteiger partial charge in [-0.25, -0.2) is 9.67 Å². The molecule has 0 amide bonds. The van der Waals surface area contributed by atoms with Gasteiger partial charge in [-0.3, -0.25) is 0 Å². The van der Waals surface area contributed by atoms with Crippen molar-refractivity contribution in [1.29, 1.82) is 0 Å². The second-order valence-corrected chi connectivity index (χ2v) is 4.80. The Kier molecular flexibility index (Phi) is 3.69. The minimum Gasteiger partial charge on any atom is -0.404 e. The molecule has 2 aromatic heterocycles. The molecule has 0 aliphatic heterocycles. The first kappa shape index (κ1) is 13.4. The van der Waals surface area contributed by atoms with Crippen LogP contribution in [0.15, 0.2) is 47.9 Å². The monoisotopic (exact) mass is 300 g/mol. The molecule has 0 spiro atoms. The van der Waals surface area contributed by atoms with Crippen LogP contribution in [0.25, 0.3) is 5.69 Å². The number of para-hydroxylation sites is 1. The SMILES string of the molecule is CSc1nc(N)cc(Oc2ncn(-c3ccccc3)n2)n1. The van der Waals surface area contributed by atoms with Crippen LogP contribution in [0.1, 0.15) is 0 Å². The zero-order valence-electron chi connectivity index (χ0n) is 11.2. The van der Waals surface area contributed by atoms with E-state index in [0.717, 1.165) is 5.69 Å². The molecule has 7 nitrogen and oxygen atoms in total. The van der Waals surface area contributed by atoms with E-state index < -0.39 is 0 Å². The van der Waals surface area contributed by atoms with Crippen molar-refractivity contribution in [3.8, 4) is 17.6 Å². The maximum absolute atomic E-state index is 5.69. The molecule has 0 aliphatic carbocycles. The molecule has 2 N–H and O–H groups in total. The highest BCUT2D eigenvalue weighted by atomic mass is 32.2. The summed E-state index contributed by atoms with van der Waals surface area (Å²) in [6.45, 7) is 0. The van der Waals surface area contributed by atoms with E-state index in [1.165, 1.54) is 17.8 Å². The minimum atomic E-state index is 0.198. The fourth-order valence-electron chi connectivity index (χ4n) is 1.66. The van der Waals surface area contributed by atoms with Crippen LogP contribution < -0.4 is 10.5 Å². The summed E-state index contributed by atoms with van der Waals surface area (Å²) in [5.41, 5.74) is 6.59. The molecule has 0 bridgehead atoms. The van der Waals surface area contributed by atoms with Gasteiger partial charge in [-0.1, -0.05) is 30.0 Å². The number of hydrogen-bond acceptors (Lipinski definition) is 7. The summed E-state index contributed by atoms with van der Waals surface area (Å²) < 4.78 is 7.14. The summed E-state index contributed by atoms with van der Waals surface area (Å²) in [4.78, 5) is 12.3. The first-order chi connectivity index (χ1) is 10.2. The Morgan fingerprint density at radius 1 is 1.19 bits per heavy atom. The smallest absolute Gasteiger partial charge is 0.342 e. The van der Waals surface area contributed by atoms with E-state index in [9.17, 15) is 0 Å². The Morgan fingerprint density at radius 2 is 2.00 bits per heavy atom. The maximum atomic E-state index is 5.69. The fraction of sp³-hybridized carbons (Fsp3) is 0.0769. The summed E-state index contributed by atoms with van der Waals surface area (Å²) in [5.74, 6) is 0.657. The Bertz CT molecular complexity index is 745. The van der Waals surface area contributed by atoms with Gasteiger partial charge in [-0.05, 0) is 18.4 Å². The molecule has 0 unspecified atom stereocenters. The van der Waals surface area contributed by atoms with Crippen LogP contribution in [-0.4, -0.2) is 31.0 Å². The summed E-state index contributed by atoms with van der Waals surface area (Å²) in [5, 5.41) is 4.77. The number of thioether (sulfide) groups is 1. The molecule has 2 heterocycles. The molecular weight excluding hydrogens is 288 g/mol. The topological polar surface area (TPSA) is 91.7 Å². The molecule has 0 saturated heterocycles. The summed E-state index contributed by atoms with van der Waals surface area (Å²) in [6.07, 6.45) is 3.44. The van der Waals surface area contributed by atoms with Gasteiger partial charge in [0.2, 0.25) is 5.88 Å². The normalized spacial score (nSPS) is 10.5.